The van der Waals surface area contributed by atoms with Gasteiger partial charge in [-0.25, -0.2) is 4.68 Å². The Kier molecular flexibility index (Phi) is 4.68. The molecule has 0 spiro atoms. The molecule has 21 heavy (non-hydrogen) atoms. The van der Waals surface area contributed by atoms with Crippen molar-refractivity contribution in [3.05, 3.63) is 11.8 Å². The fraction of sp³-hybridized carbons (Fsp3) is 0.733. The lowest BCUT2D eigenvalue weighted by Crippen LogP contribution is -2.42. The van der Waals surface area contributed by atoms with Crippen LogP contribution < -0.4 is 5.32 Å². The first kappa shape index (κ1) is 16.0. The minimum Gasteiger partial charge on any atom is -0.392 e. The number of aryl methyl sites for hydroxylation is 1. The molecule has 1 aromatic rings. The number of likely N-dealkylation sites (tertiary alicyclic amines) is 1. The van der Waals surface area contributed by atoms with E-state index in [2.05, 4.69) is 31.2 Å². The fourth-order valence-corrected chi connectivity index (χ4v) is 2.66. The third-order valence-corrected chi connectivity index (χ3v) is 3.58. The summed E-state index contributed by atoms with van der Waals surface area (Å²) in [6, 6.07) is 1.88. The predicted molar refractivity (Wildman–Crippen MR) is 82.3 cm³/mol. The van der Waals surface area contributed by atoms with Crippen molar-refractivity contribution in [2.45, 2.75) is 52.2 Å². The van der Waals surface area contributed by atoms with Crippen molar-refractivity contribution in [3.63, 3.8) is 0 Å². The van der Waals surface area contributed by atoms with E-state index < -0.39 is 0 Å². The molecule has 1 amide bonds. The van der Waals surface area contributed by atoms with Crippen LogP contribution >= 0.6 is 0 Å². The molecular weight excluding hydrogens is 268 g/mol. The average molecular weight is 294 g/mol. The molecule has 1 aliphatic rings. The molecule has 1 atom stereocenters. The highest BCUT2D eigenvalue weighted by atomic mass is 16.3. The minimum absolute atomic E-state index is 0.0606. The zero-order chi connectivity index (χ0) is 15.6. The van der Waals surface area contributed by atoms with Crippen molar-refractivity contribution < 1.29 is 9.90 Å². The van der Waals surface area contributed by atoms with E-state index in [1.54, 1.807) is 0 Å². The topological polar surface area (TPSA) is 70.4 Å². The summed E-state index contributed by atoms with van der Waals surface area (Å²) in [5.74, 6) is 0.664. The van der Waals surface area contributed by atoms with Crippen LogP contribution in [0.25, 0.3) is 0 Å². The summed E-state index contributed by atoms with van der Waals surface area (Å²) < 4.78 is 1.84. The highest BCUT2D eigenvalue weighted by Gasteiger charge is 2.22. The smallest absolute Gasteiger partial charge is 0.239 e. The van der Waals surface area contributed by atoms with Crippen molar-refractivity contribution in [2.24, 2.45) is 0 Å². The number of piperidine rings is 1. The molecule has 2 N–H and O–H groups in total. The standard InChI is InChI=1S/C15H26N4O2/c1-11-8-13(19(17-11)15(2,3)4)16-14(21)10-18-7-5-6-12(20)9-18/h8,12,20H,5-7,9-10H2,1-4H3,(H,16,21). The number of nitrogens with zero attached hydrogens (tertiary/aromatic N) is 3. The molecular formula is C15H26N4O2. The van der Waals surface area contributed by atoms with Crippen LogP contribution in [0.2, 0.25) is 0 Å². The molecule has 0 bridgehead atoms. The lowest BCUT2D eigenvalue weighted by Gasteiger charge is -2.29. The van der Waals surface area contributed by atoms with Crippen LogP contribution in [0.4, 0.5) is 5.82 Å². The van der Waals surface area contributed by atoms with Crippen LogP contribution in [0.1, 0.15) is 39.3 Å². The lowest BCUT2D eigenvalue weighted by molar-refractivity contribution is -0.118. The molecule has 1 unspecified atom stereocenters. The van der Waals surface area contributed by atoms with E-state index in [9.17, 15) is 9.90 Å². The highest BCUT2D eigenvalue weighted by molar-refractivity contribution is 5.91. The molecule has 1 aliphatic heterocycles. The van der Waals surface area contributed by atoms with Crippen molar-refractivity contribution in [1.29, 1.82) is 0 Å². The van der Waals surface area contributed by atoms with Gasteiger partial charge in [-0.1, -0.05) is 0 Å². The Labute approximate surface area is 126 Å². The second kappa shape index (κ2) is 6.15. The van der Waals surface area contributed by atoms with E-state index in [0.29, 0.717) is 13.1 Å². The van der Waals surface area contributed by atoms with Crippen LogP contribution in [0.15, 0.2) is 6.07 Å². The van der Waals surface area contributed by atoms with Crippen LogP contribution in [-0.2, 0) is 10.3 Å². The van der Waals surface area contributed by atoms with E-state index in [1.807, 2.05) is 22.6 Å². The van der Waals surface area contributed by atoms with Gasteiger partial charge in [0.25, 0.3) is 0 Å². The van der Waals surface area contributed by atoms with Gasteiger partial charge < -0.3 is 10.4 Å². The van der Waals surface area contributed by atoms with Gasteiger partial charge in [0.05, 0.1) is 23.9 Å². The van der Waals surface area contributed by atoms with Gasteiger partial charge in [0.1, 0.15) is 5.82 Å². The highest BCUT2D eigenvalue weighted by Crippen LogP contribution is 2.21. The van der Waals surface area contributed by atoms with Crippen molar-refractivity contribution in [1.82, 2.24) is 14.7 Å². The number of rotatable bonds is 3. The van der Waals surface area contributed by atoms with Gasteiger partial charge in [-0.2, -0.15) is 5.10 Å². The van der Waals surface area contributed by atoms with Crippen LogP contribution in [0.3, 0.4) is 0 Å². The number of aliphatic hydroxyl groups is 1. The summed E-state index contributed by atoms with van der Waals surface area (Å²) in [4.78, 5) is 14.2. The largest absolute Gasteiger partial charge is 0.392 e. The van der Waals surface area contributed by atoms with Crippen molar-refractivity contribution >= 4 is 11.7 Å². The second-order valence-electron chi connectivity index (χ2n) is 6.83. The maximum absolute atomic E-state index is 12.2. The summed E-state index contributed by atoms with van der Waals surface area (Å²) in [6.45, 7) is 9.82. The molecule has 0 aromatic carbocycles. The van der Waals surface area contributed by atoms with E-state index >= 15 is 0 Å². The first-order chi connectivity index (χ1) is 9.75. The quantitative estimate of drug-likeness (QED) is 0.882. The Hall–Kier alpha value is -1.40. The van der Waals surface area contributed by atoms with E-state index in [4.69, 9.17) is 0 Å². The Morgan fingerprint density at radius 2 is 2.24 bits per heavy atom. The van der Waals surface area contributed by atoms with Gasteiger partial charge in [-0.05, 0) is 47.1 Å². The molecule has 1 fully saturated rings. The summed E-state index contributed by atoms with van der Waals surface area (Å²) in [5, 5.41) is 17.0. The van der Waals surface area contributed by atoms with Gasteiger partial charge in [0.15, 0.2) is 0 Å². The number of hydrogen-bond acceptors (Lipinski definition) is 4. The first-order valence-corrected chi connectivity index (χ1v) is 7.53. The number of hydrogen-bond donors (Lipinski definition) is 2. The molecule has 1 aromatic heterocycles. The minimum atomic E-state index is -0.311. The number of amides is 1. The Morgan fingerprint density at radius 3 is 2.86 bits per heavy atom. The zero-order valence-electron chi connectivity index (χ0n) is 13.4. The normalized spacial score (nSPS) is 20.5. The zero-order valence-corrected chi connectivity index (χ0v) is 13.4. The number of carbonyl (C=O) groups excluding carboxylic acids is 1. The third kappa shape index (κ3) is 4.28. The number of aromatic nitrogens is 2. The molecule has 1 saturated heterocycles. The molecule has 2 heterocycles. The first-order valence-electron chi connectivity index (χ1n) is 7.53. The molecule has 118 valence electrons. The number of aliphatic hydroxyl groups excluding tert-OH is 1. The van der Waals surface area contributed by atoms with E-state index in [-0.39, 0.29) is 17.6 Å². The number of β-amino-alcohol motifs (C(OH)–C–C–N with tert-alkyl or cyclic N) is 1. The molecule has 0 aliphatic carbocycles. The average Bonchev–Trinajstić information content (AvgIpc) is 2.69. The van der Waals surface area contributed by atoms with Gasteiger partial charge in [-0.15, -0.1) is 0 Å². The fourth-order valence-electron chi connectivity index (χ4n) is 2.66. The Bertz CT molecular complexity index is 504. The van der Waals surface area contributed by atoms with Gasteiger partial charge in [0.2, 0.25) is 5.91 Å². The molecule has 6 heteroatoms. The van der Waals surface area contributed by atoms with E-state index in [0.717, 1.165) is 30.9 Å². The molecule has 0 saturated carbocycles. The predicted octanol–water partition coefficient (Wildman–Crippen LogP) is 1.34. The maximum Gasteiger partial charge on any atom is 0.239 e. The van der Waals surface area contributed by atoms with Crippen LogP contribution in [-0.4, -0.2) is 51.4 Å². The Balaban J connectivity index is 2.00. The molecule has 6 nitrogen and oxygen atoms in total. The SMILES string of the molecule is Cc1cc(NC(=O)CN2CCCC(O)C2)n(C(C)(C)C)n1. The van der Waals surface area contributed by atoms with Crippen molar-refractivity contribution in [3.8, 4) is 0 Å². The number of carbonyl (C=O) groups is 1. The van der Waals surface area contributed by atoms with Gasteiger partial charge >= 0.3 is 0 Å². The van der Waals surface area contributed by atoms with Gasteiger partial charge in [-0.3, -0.25) is 9.69 Å². The molecule has 0 radical (unpaired) electrons. The third-order valence-electron chi connectivity index (χ3n) is 3.58. The van der Waals surface area contributed by atoms with Gasteiger partial charge in [0, 0.05) is 12.6 Å². The van der Waals surface area contributed by atoms with Crippen molar-refractivity contribution in [2.75, 3.05) is 25.0 Å². The monoisotopic (exact) mass is 294 g/mol. The summed E-state index contributed by atoms with van der Waals surface area (Å²) in [6.07, 6.45) is 1.45. The van der Waals surface area contributed by atoms with E-state index in [1.165, 1.54) is 0 Å². The summed E-state index contributed by atoms with van der Waals surface area (Å²) >= 11 is 0. The molecule has 2 rings (SSSR count). The van der Waals surface area contributed by atoms with Crippen LogP contribution in [0, 0.1) is 6.92 Å². The number of anilines is 1. The lowest BCUT2D eigenvalue weighted by atomic mass is 10.1. The Morgan fingerprint density at radius 1 is 1.52 bits per heavy atom. The number of nitrogens with one attached hydrogen (secondary N) is 1. The maximum atomic E-state index is 12.2. The van der Waals surface area contributed by atoms with Crippen LogP contribution in [0.5, 0.6) is 0 Å². The summed E-state index contributed by atoms with van der Waals surface area (Å²) in [5.41, 5.74) is 0.701. The second-order valence-corrected chi connectivity index (χ2v) is 6.83. The summed E-state index contributed by atoms with van der Waals surface area (Å²) in [7, 11) is 0.